The quantitative estimate of drug-likeness (QED) is 0.600. The van der Waals surface area contributed by atoms with Crippen molar-refractivity contribution >= 4 is 28.0 Å². The van der Waals surface area contributed by atoms with E-state index < -0.39 is 0 Å². The van der Waals surface area contributed by atoms with Gasteiger partial charge in [-0.2, -0.15) is 0 Å². The summed E-state index contributed by atoms with van der Waals surface area (Å²) in [5.74, 6) is 0.795. The molecule has 0 aliphatic carbocycles. The molecule has 0 saturated carbocycles. The molecule has 0 unspecified atom stereocenters. The van der Waals surface area contributed by atoms with Gasteiger partial charge in [0.25, 0.3) is 0 Å². The van der Waals surface area contributed by atoms with Crippen LogP contribution >= 0.6 is 0 Å². The molecule has 0 aliphatic rings. The van der Waals surface area contributed by atoms with Gasteiger partial charge in [0.1, 0.15) is 11.5 Å². The van der Waals surface area contributed by atoms with E-state index in [1.165, 1.54) is 0 Å². The van der Waals surface area contributed by atoms with E-state index >= 15 is 0 Å². The van der Waals surface area contributed by atoms with E-state index in [1.54, 1.807) is 0 Å². The van der Waals surface area contributed by atoms with Crippen LogP contribution < -0.4 is 10.6 Å². The number of para-hydroxylation sites is 3. The number of fused-ring (bicyclic) bond motifs is 2. The average molecular weight is 335 g/mol. The number of urea groups is 1. The molecular weight excluding hydrogens is 318 g/mol. The Labute approximate surface area is 143 Å². The summed E-state index contributed by atoms with van der Waals surface area (Å²) in [6.07, 6.45) is 0. The number of imidazole rings is 1. The first-order valence-corrected chi connectivity index (χ1v) is 7.97. The predicted octanol–water partition coefficient (Wildman–Crippen LogP) is 2.71. The minimum absolute atomic E-state index is 0.279. The molecule has 0 saturated heterocycles. The van der Waals surface area contributed by atoms with Crippen molar-refractivity contribution in [1.29, 1.82) is 0 Å². The van der Waals surface area contributed by atoms with E-state index in [0.29, 0.717) is 24.4 Å². The van der Waals surface area contributed by atoms with E-state index in [4.69, 9.17) is 4.52 Å². The lowest BCUT2D eigenvalue weighted by Gasteiger charge is -2.06. The second-order valence-electron chi connectivity index (χ2n) is 5.74. The second-order valence-corrected chi connectivity index (χ2v) is 5.74. The highest BCUT2D eigenvalue weighted by Crippen LogP contribution is 2.17. The van der Waals surface area contributed by atoms with Crippen molar-refractivity contribution in [2.75, 3.05) is 0 Å². The lowest BCUT2D eigenvalue weighted by atomic mass is 10.2. The van der Waals surface area contributed by atoms with Crippen LogP contribution in [0.3, 0.4) is 0 Å². The zero-order valence-corrected chi connectivity index (χ0v) is 13.7. The van der Waals surface area contributed by atoms with Crippen molar-refractivity contribution in [1.82, 2.24) is 25.3 Å². The molecule has 7 nitrogen and oxygen atoms in total. The maximum Gasteiger partial charge on any atom is 0.315 e. The number of carbonyl (C=O) groups excluding carboxylic acids is 1. The third-order valence-electron chi connectivity index (χ3n) is 4.16. The van der Waals surface area contributed by atoms with Gasteiger partial charge in [0.05, 0.1) is 24.1 Å². The normalized spacial score (nSPS) is 11.1. The van der Waals surface area contributed by atoms with Crippen LogP contribution in [0.5, 0.6) is 0 Å². The number of nitrogens with one attached hydrogen (secondary N) is 2. The van der Waals surface area contributed by atoms with Crippen molar-refractivity contribution in [2.24, 2.45) is 7.05 Å². The summed E-state index contributed by atoms with van der Waals surface area (Å²) in [5, 5.41) is 10.5. The molecule has 7 heteroatoms. The van der Waals surface area contributed by atoms with Crippen molar-refractivity contribution in [2.45, 2.75) is 13.1 Å². The maximum atomic E-state index is 12.1. The number of nitrogens with zero attached hydrogens (tertiary/aromatic N) is 3. The van der Waals surface area contributed by atoms with Crippen molar-refractivity contribution in [3.05, 3.63) is 60.0 Å². The minimum Gasteiger partial charge on any atom is -0.356 e. The van der Waals surface area contributed by atoms with E-state index in [-0.39, 0.29) is 6.03 Å². The lowest BCUT2D eigenvalue weighted by Crippen LogP contribution is -2.35. The molecule has 2 N–H and O–H groups in total. The summed E-state index contributed by atoms with van der Waals surface area (Å²) in [5.41, 5.74) is 3.36. The van der Waals surface area contributed by atoms with Gasteiger partial charge in [0.15, 0.2) is 5.58 Å². The minimum atomic E-state index is -0.279. The van der Waals surface area contributed by atoms with Crippen LogP contribution in [0.15, 0.2) is 53.1 Å². The van der Waals surface area contributed by atoms with Crippen LogP contribution in [0.25, 0.3) is 22.0 Å². The summed E-state index contributed by atoms with van der Waals surface area (Å²) < 4.78 is 7.20. The third kappa shape index (κ3) is 2.91. The van der Waals surface area contributed by atoms with Crippen LogP contribution in [0, 0.1) is 0 Å². The molecule has 4 aromatic rings. The Bertz CT molecular complexity index is 1050. The molecule has 0 fully saturated rings. The standard InChI is InChI=1S/C18H17N5O2/c1-23-15-8-4-3-7-13(15)21-17(23)11-20-18(24)19-10-14-12-6-2-5-9-16(12)25-22-14/h2-9H,10-11H2,1H3,(H2,19,20,24). The molecule has 0 spiro atoms. The van der Waals surface area contributed by atoms with Crippen molar-refractivity contribution in [3.8, 4) is 0 Å². The molecule has 0 radical (unpaired) electrons. The van der Waals surface area contributed by atoms with Crippen molar-refractivity contribution in [3.63, 3.8) is 0 Å². The number of hydrogen-bond donors (Lipinski definition) is 2. The molecule has 2 heterocycles. The first-order valence-electron chi connectivity index (χ1n) is 7.97. The Morgan fingerprint density at radius 2 is 1.84 bits per heavy atom. The van der Waals surface area contributed by atoms with E-state index in [0.717, 1.165) is 22.2 Å². The highest BCUT2D eigenvalue weighted by atomic mass is 16.5. The molecule has 0 aliphatic heterocycles. The van der Waals surface area contributed by atoms with Gasteiger partial charge in [-0.3, -0.25) is 0 Å². The second kappa shape index (κ2) is 6.27. The fourth-order valence-corrected chi connectivity index (χ4v) is 2.80. The number of rotatable bonds is 4. The molecule has 4 rings (SSSR count). The van der Waals surface area contributed by atoms with Crippen LogP contribution in [-0.4, -0.2) is 20.7 Å². The molecule has 126 valence electrons. The lowest BCUT2D eigenvalue weighted by molar-refractivity contribution is 0.239. The highest BCUT2D eigenvalue weighted by Gasteiger charge is 2.10. The third-order valence-corrected chi connectivity index (χ3v) is 4.16. The number of aryl methyl sites for hydroxylation is 1. The van der Waals surface area contributed by atoms with E-state index in [1.807, 2.05) is 60.1 Å². The van der Waals surface area contributed by atoms with Gasteiger partial charge in [0, 0.05) is 12.4 Å². The molecular formula is C18H17N5O2. The number of hydrogen-bond acceptors (Lipinski definition) is 4. The van der Waals surface area contributed by atoms with Gasteiger partial charge >= 0.3 is 6.03 Å². The summed E-state index contributed by atoms with van der Waals surface area (Å²) in [4.78, 5) is 16.6. The Balaban J connectivity index is 1.38. The van der Waals surface area contributed by atoms with Crippen LogP contribution in [-0.2, 0) is 20.1 Å². The molecule has 25 heavy (non-hydrogen) atoms. The zero-order valence-electron chi connectivity index (χ0n) is 13.7. The number of amides is 2. The molecule has 0 atom stereocenters. The Morgan fingerprint density at radius 3 is 2.72 bits per heavy atom. The maximum absolute atomic E-state index is 12.1. The smallest absolute Gasteiger partial charge is 0.315 e. The van der Waals surface area contributed by atoms with Gasteiger partial charge in [-0.15, -0.1) is 0 Å². The van der Waals surface area contributed by atoms with Crippen molar-refractivity contribution < 1.29 is 9.32 Å². The Morgan fingerprint density at radius 1 is 1.08 bits per heavy atom. The topological polar surface area (TPSA) is 85.0 Å². The summed E-state index contributed by atoms with van der Waals surface area (Å²) >= 11 is 0. The summed E-state index contributed by atoms with van der Waals surface area (Å²) in [7, 11) is 1.94. The van der Waals surface area contributed by atoms with Gasteiger partial charge in [-0.25, -0.2) is 9.78 Å². The predicted molar refractivity (Wildman–Crippen MR) is 93.8 cm³/mol. The molecule has 0 bridgehead atoms. The summed E-state index contributed by atoms with van der Waals surface area (Å²) in [6.45, 7) is 0.641. The average Bonchev–Trinajstić information content (AvgIpc) is 3.20. The first kappa shape index (κ1) is 15.2. The van der Waals surface area contributed by atoms with Crippen LogP contribution in [0.4, 0.5) is 4.79 Å². The zero-order chi connectivity index (χ0) is 17.2. The Kier molecular flexibility index (Phi) is 3.81. The Hall–Kier alpha value is -3.35. The van der Waals surface area contributed by atoms with E-state index in [2.05, 4.69) is 20.8 Å². The SMILES string of the molecule is Cn1c(CNC(=O)NCc2noc3ccccc23)nc2ccccc21. The number of carbonyl (C=O) groups is 1. The van der Waals surface area contributed by atoms with Gasteiger partial charge in [-0.05, 0) is 24.3 Å². The largest absolute Gasteiger partial charge is 0.356 e. The first-order chi connectivity index (χ1) is 12.2. The number of aromatic nitrogens is 3. The van der Waals surface area contributed by atoms with Gasteiger partial charge in [0.2, 0.25) is 0 Å². The van der Waals surface area contributed by atoms with Gasteiger partial charge in [-0.1, -0.05) is 29.4 Å². The highest BCUT2D eigenvalue weighted by molar-refractivity contribution is 5.80. The monoisotopic (exact) mass is 335 g/mol. The molecule has 2 amide bonds. The fraction of sp³-hybridized carbons (Fsp3) is 0.167. The van der Waals surface area contributed by atoms with Crippen LogP contribution in [0.1, 0.15) is 11.5 Å². The van der Waals surface area contributed by atoms with E-state index in [9.17, 15) is 4.79 Å². The summed E-state index contributed by atoms with van der Waals surface area (Å²) in [6, 6.07) is 15.1. The molecule has 2 aromatic heterocycles. The fourth-order valence-electron chi connectivity index (χ4n) is 2.80. The number of benzene rings is 2. The van der Waals surface area contributed by atoms with Crippen LogP contribution in [0.2, 0.25) is 0 Å². The molecule has 2 aromatic carbocycles. The van der Waals surface area contributed by atoms with Gasteiger partial charge < -0.3 is 19.7 Å².